The zero-order chi connectivity index (χ0) is 12.5. The molecule has 96 valence electrons. The van der Waals surface area contributed by atoms with E-state index < -0.39 is 0 Å². The summed E-state index contributed by atoms with van der Waals surface area (Å²) >= 11 is 0. The number of rotatable bonds is 8. The van der Waals surface area contributed by atoms with E-state index in [2.05, 4.69) is 10.3 Å². The lowest BCUT2D eigenvalue weighted by Crippen LogP contribution is -2.20. The summed E-state index contributed by atoms with van der Waals surface area (Å²) < 4.78 is 15.3. The second-order valence-electron chi connectivity index (χ2n) is 3.62. The largest absolute Gasteiger partial charge is 0.466 e. The number of hydrogen-bond acceptors (Lipinski definition) is 5. The van der Waals surface area contributed by atoms with E-state index in [9.17, 15) is 0 Å². The van der Waals surface area contributed by atoms with Crippen molar-refractivity contribution in [2.24, 2.45) is 0 Å². The molecular weight excluding hydrogens is 220 g/mol. The number of aromatic nitrogens is 1. The molecule has 0 saturated heterocycles. The van der Waals surface area contributed by atoms with E-state index in [0.717, 1.165) is 23.7 Å². The molecule has 0 aliphatic carbocycles. The van der Waals surface area contributed by atoms with Crippen molar-refractivity contribution in [1.29, 1.82) is 0 Å². The van der Waals surface area contributed by atoms with Crippen LogP contribution in [-0.4, -0.2) is 39.1 Å². The standard InChI is InChI=1S/C12H20N2O3/c1-10-4-5-12(17-9-16-3)11(14-10)8-13-6-7-15-2/h4-5,13H,6-9H2,1-3H3. The Morgan fingerprint density at radius 3 is 2.76 bits per heavy atom. The van der Waals surface area contributed by atoms with Crippen LogP contribution in [-0.2, 0) is 16.0 Å². The van der Waals surface area contributed by atoms with Gasteiger partial charge in [0.2, 0.25) is 0 Å². The first-order chi connectivity index (χ1) is 8.27. The predicted octanol–water partition coefficient (Wildman–Crippen LogP) is 1.11. The minimum Gasteiger partial charge on any atom is -0.466 e. The van der Waals surface area contributed by atoms with Crippen LogP contribution < -0.4 is 10.1 Å². The molecule has 1 N–H and O–H groups in total. The van der Waals surface area contributed by atoms with Crippen molar-refractivity contribution in [3.8, 4) is 5.75 Å². The fraction of sp³-hybridized carbons (Fsp3) is 0.583. The number of nitrogens with zero attached hydrogens (tertiary/aromatic N) is 1. The lowest BCUT2D eigenvalue weighted by molar-refractivity contribution is 0.0499. The Morgan fingerprint density at radius 2 is 2.06 bits per heavy atom. The first kappa shape index (κ1) is 13.9. The molecule has 5 heteroatoms. The van der Waals surface area contributed by atoms with Crippen LogP contribution in [0.25, 0.3) is 0 Å². The van der Waals surface area contributed by atoms with Crippen molar-refractivity contribution in [2.45, 2.75) is 13.5 Å². The predicted molar refractivity (Wildman–Crippen MR) is 65.1 cm³/mol. The van der Waals surface area contributed by atoms with Crippen LogP contribution in [0.2, 0.25) is 0 Å². The Morgan fingerprint density at radius 1 is 1.24 bits per heavy atom. The summed E-state index contributed by atoms with van der Waals surface area (Å²) in [5, 5.41) is 3.24. The first-order valence-electron chi connectivity index (χ1n) is 5.56. The highest BCUT2D eigenvalue weighted by Gasteiger charge is 2.05. The van der Waals surface area contributed by atoms with E-state index in [4.69, 9.17) is 14.2 Å². The topological polar surface area (TPSA) is 52.6 Å². The first-order valence-corrected chi connectivity index (χ1v) is 5.56. The molecule has 1 aromatic heterocycles. The van der Waals surface area contributed by atoms with Crippen LogP contribution in [0.15, 0.2) is 12.1 Å². The molecule has 0 atom stereocenters. The summed E-state index contributed by atoms with van der Waals surface area (Å²) in [5.41, 5.74) is 1.86. The monoisotopic (exact) mass is 240 g/mol. The van der Waals surface area contributed by atoms with Gasteiger partial charge in [0.15, 0.2) is 6.79 Å². The van der Waals surface area contributed by atoms with E-state index in [0.29, 0.717) is 13.2 Å². The van der Waals surface area contributed by atoms with Crippen molar-refractivity contribution in [2.75, 3.05) is 34.2 Å². The van der Waals surface area contributed by atoms with Crippen LogP contribution in [0, 0.1) is 6.92 Å². The third kappa shape index (κ3) is 5.12. The van der Waals surface area contributed by atoms with Gasteiger partial charge in [0.25, 0.3) is 0 Å². The smallest absolute Gasteiger partial charge is 0.188 e. The maximum Gasteiger partial charge on any atom is 0.188 e. The van der Waals surface area contributed by atoms with E-state index in [1.807, 2.05) is 19.1 Å². The van der Waals surface area contributed by atoms with Crippen molar-refractivity contribution < 1.29 is 14.2 Å². The Hall–Kier alpha value is -1.17. The van der Waals surface area contributed by atoms with Gasteiger partial charge in [0.05, 0.1) is 12.3 Å². The van der Waals surface area contributed by atoms with Gasteiger partial charge in [-0.25, -0.2) is 0 Å². The number of methoxy groups -OCH3 is 2. The fourth-order valence-corrected chi connectivity index (χ4v) is 1.36. The van der Waals surface area contributed by atoms with E-state index >= 15 is 0 Å². The Balaban J connectivity index is 2.56. The Bertz CT molecular complexity index is 332. The average molecular weight is 240 g/mol. The van der Waals surface area contributed by atoms with Crippen LogP contribution >= 0.6 is 0 Å². The van der Waals surface area contributed by atoms with Crippen LogP contribution in [0.3, 0.4) is 0 Å². The molecule has 0 amide bonds. The Kier molecular flexibility index (Phi) is 6.54. The molecule has 0 bridgehead atoms. The minimum atomic E-state index is 0.232. The van der Waals surface area contributed by atoms with Gasteiger partial charge in [-0.3, -0.25) is 4.98 Å². The van der Waals surface area contributed by atoms with Gasteiger partial charge in [-0.05, 0) is 19.1 Å². The molecule has 0 radical (unpaired) electrons. The summed E-state index contributed by atoms with van der Waals surface area (Å²) in [7, 11) is 3.28. The normalized spacial score (nSPS) is 10.5. The van der Waals surface area contributed by atoms with Crippen molar-refractivity contribution in [3.05, 3.63) is 23.5 Å². The second-order valence-corrected chi connectivity index (χ2v) is 3.62. The van der Waals surface area contributed by atoms with Gasteiger partial charge >= 0.3 is 0 Å². The number of pyridine rings is 1. The molecular formula is C12H20N2O3. The third-order valence-corrected chi connectivity index (χ3v) is 2.18. The molecule has 0 fully saturated rings. The number of hydrogen-bond donors (Lipinski definition) is 1. The molecule has 1 aromatic rings. The summed E-state index contributed by atoms with van der Waals surface area (Å²) in [5.74, 6) is 0.752. The third-order valence-electron chi connectivity index (χ3n) is 2.18. The maximum absolute atomic E-state index is 5.44. The molecule has 17 heavy (non-hydrogen) atoms. The highest BCUT2D eigenvalue weighted by molar-refractivity contribution is 5.29. The highest BCUT2D eigenvalue weighted by atomic mass is 16.7. The summed E-state index contributed by atoms with van der Waals surface area (Å²) in [6.07, 6.45) is 0. The highest BCUT2D eigenvalue weighted by Crippen LogP contribution is 2.16. The summed E-state index contributed by atoms with van der Waals surface area (Å²) in [4.78, 5) is 4.44. The van der Waals surface area contributed by atoms with Crippen LogP contribution in [0.1, 0.15) is 11.4 Å². The van der Waals surface area contributed by atoms with Gasteiger partial charge in [0.1, 0.15) is 5.75 Å². The zero-order valence-electron chi connectivity index (χ0n) is 10.7. The van der Waals surface area contributed by atoms with Crippen molar-refractivity contribution in [3.63, 3.8) is 0 Å². The lowest BCUT2D eigenvalue weighted by Gasteiger charge is -2.11. The molecule has 5 nitrogen and oxygen atoms in total. The lowest BCUT2D eigenvalue weighted by atomic mass is 10.3. The second kappa shape index (κ2) is 8.00. The van der Waals surface area contributed by atoms with Gasteiger partial charge in [-0.15, -0.1) is 0 Å². The van der Waals surface area contributed by atoms with Crippen molar-refractivity contribution in [1.82, 2.24) is 10.3 Å². The SMILES string of the molecule is COCCNCc1nc(C)ccc1OCOC. The fourth-order valence-electron chi connectivity index (χ4n) is 1.36. The van der Waals surface area contributed by atoms with E-state index in [-0.39, 0.29) is 6.79 Å². The molecule has 1 rings (SSSR count). The molecule has 1 heterocycles. The van der Waals surface area contributed by atoms with Gasteiger partial charge in [-0.2, -0.15) is 0 Å². The molecule has 0 saturated carbocycles. The number of aryl methyl sites for hydroxylation is 1. The zero-order valence-corrected chi connectivity index (χ0v) is 10.7. The summed E-state index contributed by atoms with van der Waals surface area (Å²) in [6, 6.07) is 3.83. The minimum absolute atomic E-state index is 0.232. The summed E-state index contributed by atoms with van der Waals surface area (Å²) in [6.45, 7) is 4.31. The van der Waals surface area contributed by atoms with Gasteiger partial charge in [-0.1, -0.05) is 0 Å². The van der Waals surface area contributed by atoms with Gasteiger partial charge in [0, 0.05) is 33.0 Å². The molecule has 0 aliphatic rings. The average Bonchev–Trinajstić information content (AvgIpc) is 2.33. The molecule has 0 unspecified atom stereocenters. The van der Waals surface area contributed by atoms with E-state index in [1.165, 1.54) is 0 Å². The molecule has 0 aromatic carbocycles. The number of ether oxygens (including phenoxy) is 3. The molecule has 0 spiro atoms. The van der Waals surface area contributed by atoms with Crippen molar-refractivity contribution >= 4 is 0 Å². The van der Waals surface area contributed by atoms with E-state index in [1.54, 1.807) is 14.2 Å². The Labute approximate surface area is 102 Å². The van der Waals surface area contributed by atoms with Gasteiger partial charge < -0.3 is 19.5 Å². The maximum atomic E-state index is 5.44. The number of nitrogens with one attached hydrogen (secondary N) is 1. The van der Waals surface area contributed by atoms with Crippen LogP contribution in [0.4, 0.5) is 0 Å². The molecule has 0 aliphatic heterocycles. The van der Waals surface area contributed by atoms with Crippen LogP contribution in [0.5, 0.6) is 5.75 Å². The quantitative estimate of drug-likeness (QED) is 0.545.